The molecule has 2 N–H and O–H groups in total. The first-order valence-electron chi connectivity index (χ1n) is 7.26. The number of hydrogen-bond donors (Lipinski definition) is 1. The SMILES string of the molecule is CN(CC(C)(C)C)CC1(CN)CCCCCC1. The molecule has 0 aromatic carbocycles. The van der Waals surface area contributed by atoms with E-state index in [2.05, 4.69) is 32.7 Å². The normalized spacial score (nSPS) is 21.5. The lowest BCUT2D eigenvalue weighted by Gasteiger charge is -2.37. The van der Waals surface area contributed by atoms with E-state index < -0.39 is 0 Å². The van der Waals surface area contributed by atoms with Crippen LogP contribution in [0.15, 0.2) is 0 Å². The third-order valence-electron chi connectivity index (χ3n) is 3.95. The van der Waals surface area contributed by atoms with Crippen molar-refractivity contribution < 1.29 is 0 Å². The average molecular weight is 240 g/mol. The number of hydrogen-bond acceptors (Lipinski definition) is 2. The maximum absolute atomic E-state index is 6.09. The highest BCUT2D eigenvalue weighted by Gasteiger charge is 2.31. The van der Waals surface area contributed by atoms with Crippen molar-refractivity contribution in [2.45, 2.75) is 59.3 Å². The Kier molecular flexibility index (Phi) is 5.46. The van der Waals surface area contributed by atoms with E-state index in [1.54, 1.807) is 0 Å². The summed E-state index contributed by atoms with van der Waals surface area (Å²) in [4.78, 5) is 2.50. The molecule has 0 unspecified atom stereocenters. The van der Waals surface area contributed by atoms with Crippen LogP contribution in [0.5, 0.6) is 0 Å². The van der Waals surface area contributed by atoms with Gasteiger partial charge in [-0.2, -0.15) is 0 Å². The van der Waals surface area contributed by atoms with E-state index in [1.807, 2.05) is 0 Å². The Morgan fingerprint density at radius 2 is 1.59 bits per heavy atom. The van der Waals surface area contributed by atoms with Gasteiger partial charge in [0.15, 0.2) is 0 Å². The molecular formula is C15H32N2. The van der Waals surface area contributed by atoms with Crippen molar-refractivity contribution in [3.63, 3.8) is 0 Å². The molecule has 17 heavy (non-hydrogen) atoms. The van der Waals surface area contributed by atoms with Crippen molar-refractivity contribution in [1.82, 2.24) is 4.90 Å². The monoisotopic (exact) mass is 240 g/mol. The highest BCUT2D eigenvalue weighted by molar-refractivity contribution is 4.86. The highest BCUT2D eigenvalue weighted by atomic mass is 15.1. The zero-order chi connectivity index (χ0) is 12.9. The molecule has 0 radical (unpaired) electrons. The first kappa shape index (κ1) is 15.0. The molecule has 2 nitrogen and oxygen atoms in total. The molecule has 2 heteroatoms. The fourth-order valence-corrected chi connectivity index (χ4v) is 3.34. The Bertz CT molecular complexity index is 209. The van der Waals surface area contributed by atoms with E-state index in [4.69, 9.17) is 5.73 Å². The molecule has 102 valence electrons. The minimum atomic E-state index is 0.384. The highest BCUT2D eigenvalue weighted by Crippen LogP contribution is 2.35. The topological polar surface area (TPSA) is 29.3 Å². The lowest BCUT2D eigenvalue weighted by atomic mass is 9.79. The van der Waals surface area contributed by atoms with Crippen molar-refractivity contribution >= 4 is 0 Å². The summed E-state index contributed by atoms with van der Waals surface area (Å²) in [7, 11) is 2.26. The molecular weight excluding hydrogens is 208 g/mol. The summed E-state index contributed by atoms with van der Waals surface area (Å²) >= 11 is 0. The summed E-state index contributed by atoms with van der Waals surface area (Å²) in [5.41, 5.74) is 6.88. The van der Waals surface area contributed by atoms with Crippen molar-refractivity contribution in [3.05, 3.63) is 0 Å². The quantitative estimate of drug-likeness (QED) is 0.764. The van der Waals surface area contributed by atoms with Crippen molar-refractivity contribution in [1.29, 1.82) is 0 Å². The van der Waals surface area contributed by atoms with Crippen molar-refractivity contribution in [3.8, 4) is 0 Å². The fourth-order valence-electron chi connectivity index (χ4n) is 3.34. The summed E-state index contributed by atoms with van der Waals surface area (Å²) < 4.78 is 0. The molecule has 0 saturated heterocycles. The molecule has 1 saturated carbocycles. The molecule has 0 aliphatic heterocycles. The van der Waals surface area contributed by atoms with E-state index >= 15 is 0 Å². The van der Waals surface area contributed by atoms with Gasteiger partial charge in [0.25, 0.3) is 0 Å². The predicted octanol–water partition coefficient (Wildman–Crippen LogP) is 3.26. The summed E-state index contributed by atoms with van der Waals surface area (Å²) in [6, 6.07) is 0. The second-order valence-corrected chi connectivity index (χ2v) is 7.35. The number of nitrogens with zero attached hydrogens (tertiary/aromatic N) is 1. The maximum Gasteiger partial charge on any atom is 0.00472 e. The van der Waals surface area contributed by atoms with Gasteiger partial charge in [-0.05, 0) is 37.3 Å². The van der Waals surface area contributed by atoms with Gasteiger partial charge in [0.2, 0.25) is 0 Å². The lowest BCUT2D eigenvalue weighted by molar-refractivity contribution is 0.127. The van der Waals surface area contributed by atoms with Crippen LogP contribution in [0.3, 0.4) is 0 Å². The first-order valence-corrected chi connectivity index (χ1v) is 7.26. The smallest absolute Gasteiger partial charge is 0.00472 e. The predicted molar refractivity (Wildman–Crippen MR) is 76.1 cm³/mol. The van der Waals surface area contributed by atoms with Gasteiger partial charge >= 0.3 is 0 Å². The van der Waals surface area contributed by atoms with Gasteiger partial charge in [-0.15, -0.1) is 0 Å². The minimum Gasteiger partial charge on any atom is -0.330 e. The molecule has 1 rings (SSSR count). The van der Waals surface area contributed by atoms with E-state index in [-0.39, 0.29) is 0 Å². The molecule has 0 aromatic rings. The Morgan fingerprint density at radius 1 is 1.06 bits per heavy atom. The van der Waals surface area contributed by atoms with Crippen LogP contribution in [-0.4, -0.2) is 31.6 Å². The van der Waals surface area contributed by atoms with Crippen LogP contribution >= 0.6 is 0 Å². The van der Waals surface area contributed by atoms with Crippen LogP contribution in [0, 0.1) is 10.8 Å². The van der Waals surface area contributed by atoms with Crippen LogP contribution in [0.2, 0.25) is 0 Å². The second kappa shape index (κ2) is 6.19. The van der Waals surface area contributed by atoms with Crippen LogP contribution in [0.1, 0.15) is 59.3 Å². The molecule has 0 aromatic heterocycles. The molecule has 0 amide bonds. The van der Waals surface area contributed by atoms with Crippen molar-refractivity contribution in [2.24, 2.45) is 16.6 Å². The van der Waals surface area contributed by atoms with E-state index in [0.29, 0.717) is 10.8 Å². The van der Waals surface area contributed by atoms with Gasteiger partial charge in [0.1, 0.15) is 0 Å². The Hall–Kier alpha value is -0.0800. The second-order valence-electron chi connectivity index (χ2n) is 7.35. The first-order chi connectivity index (χ1) is 7.87. The average Bonchev–Trinajstić information content (AvgIpc) is 2.41. The van der Waals surface area contributed by atoms with Gasteiger partial charge in [-0.25, -0.2) is 0 Å². The molecule has 0 spiro atoms. The maximum atomic E-state index is 6.09. The Morgan fingerprint density at radius 3 is 2.00 bits per heavy atom. The van der Waals surface area contributed by atoms with E-state index in [1.165, 1.54) is 45.1 Å². The standard InChI is InChI=1S/C15H32N2/c1-14(2,3)12-17(4)13-15(11-16)9-7-5-6-8-10-15/h5-13,16H2,1-4H3. The zero-order valence-corrected chi connectivity index (χ0v) is 12.4. The number of nitrogens with two attached hydrogens (primary N) is 1. The molecule has 1 aliphatic carbocycles. The zero-order valence-electron chi connectivity index (χ0n) is 12.4. The van der Waals surface area contributed by atoms with Crippen LogP contribution < -0.4 is 5.73 Å². The van der Waals surface area contributed by atoms with Crippen LogP contribution in [0.4, 0.5) is 0 Å². The largest absolute Gasteiger partial charge is 0.330 e. The Labute approximate surface area is 108 Å². The lowest BCUT2D eigenvalue weighted by Crippen LogP contribution is -2.43. The summed E-state index contributed by atoms with van der Waals surface area (Å²) in [5, 5.41) is 0. The molecule has 1 fully saturated rings. The van der Waals surface area contributed by atoms with E-state index in [9.17, 15) is 0 Å². The summed E-state index contributed by atoms with van der Waals surface area (Å²) in [6.45, 7) is 10.1. The fraction of sp³-hybridized carbons (Fsp3) is 1.00. The van der Waals surface area contributed by atoms with Crippen LogP contribution in [0.25, 0.3) is 0 Å². The minimum absolute atomic E-state index is 0.384. The third kappa shape index (κ3) is 5.39. The van der Waals surface area contributed by atoms with Gasteiger partial charge in [0.05, 0.1) is 0 Å². The Balaban J connectivity index is 2.54. The molecule has 0 atom stereocenters. The number of rotatable bonds is 4. The molecule has 1 aliphatic rings. The third-order valence-corrected chi connectivity index (χ3v) is 3.95. The van der Waals surface area contributed by atoms with Gasteiger partial charge in [-0.3, -0.25) is 0 Å². The van der Waals surface area contributed by atoms with E-state index in [0.717, 1.165) is 13.1 Å². The van der Waals surface area contributed by atoms with Gasteiger partial charge in [-0.1, -0.05) is 46.5 Å². The molecule has 0 heterocycles. The van der Waals surface area contributed by atoms with Gasteiger partial charge in [0, 0.05) is 13.1 Å². The van der Waals surface area contributed by atoms with Crippen LogP contribution in [-0.2, 0) is 0 Å². The van der Waals surface area contributed by atoms with Gasteiger partial charge < -0.3 is 10.6 Å². The summed E-state index contributed by atoms with van der Waals surface area (Å²) in [5.74, 6) is 0. The van der Waals surface area contributed by atoms with Crippen molar-refractivity contribution in [2.75, 3.05) is 26.7 Å². The summed E-state index contributed by atoms with van der Waals surface area (Å²) in [6.07, 6.45) is 8.23. The molecule has 0 bridgehead atoms.